The predicted octanol–water partition coefficient (Wildman–Crippen LogP) is 2.20. The van der Waals surface area contributed by atoms with Gasteiger partial charge in [0, 0.05) is 12.7 Å². The van der Waals surface area contributed by atoms with Gasteiger partial charge >= 0.3 is 5.69 Å². The number of para-hydroxylation sites is 1. The lowest BCUT2D eigenvalue weighted by Gasteiger charge is -2.24. The first-order valence-corrected chi connectivity index (χ1v) is 7.08. The second-order valence-corrected chi connectivity index (χ2v) is 5.10. The summed E-state index contributed by atoms with van der Waals surface area (Å²) >= 11 is 0. The number of aryl methyl sites for hydroxylation is 1. The van der Waals surface area contributed by atoms with Crippen molar-refractivity contribution in [2.45, 2.75) is 19.5 Å². The molecule has 1 aliphatic rings. The molecule has 3 heterocycles. The average molecular weight is 281 g/mol. The van der Waals surface area contributed by atoms with Gasteiger partial charge in [-0.1, -0.05) is 12.1 Å². The van der Waals surface area contributed by atoms with Crippen molar-refractivity contribution in [2.24, 2.45) is 0 Å². The molecule has 1 atom stereocenters. The van der Waals surface area contributed by atoms with Gasteiger partial charge in [-0.2, -0.15) is 0 Å². The summed E-state index contributed by atoms with van der Waals surface area (Å²) in [6.07, 6.45) is 1.74. The fourth-order valence-electron chi connectivity index (χ4n) is 3.04. The molecule has 0 radical (unpaired) electrons. The lowest BCUT2D eigenvalue weighted by atomic mass is 10.1. The van der Waals surface area contributed by atoms with Gasteiger partial charge in [-0.05, 0) is 31.2 Å². The molecule has 1 aliphatic heterocycles. The van der Waals surface area contributed by atoms with Crippen LogP contribution in [-0.2, 0) is 6.54 Å². The molecule has 5 nitrogen and oxygen atoms in total. The van der Waals surface area contributed by atoms with Gasteiger partial charge in [-0.3, -0.25) is 14.1 Å². The van der Waals surface area contributed by atoms with E-state index in [0.29, 0.717) is 13.2 Å². The Morgan fingerprint density at radius 1 is 1.29 bits per heavy atom. The van der Waals surface area contributed by atoms with Crippen LogP contribution in [0.15, 0.2) is 47.4 Å². The third kappa shape index (κ3) is 1.63. The Bertz CT molecular complexity index is 864. The highest BCUT2D eigenvalue weighted by atomic mass is 16.5. The number of aromatic nitrogens is 3. The molecule has 0 saturated carbocycles. The van der Waals surface area contributed by atoms with Crippen LogP contribution < -0.4 is 10.4 Å². The van der Waals surface area contributed by atoms with Gasteiger partial charge in [-0.15, -0.1) is 0 Å². The SMILES string of the molecule is CCn1c(=O)n2c3c(cccc31)OCC2c1ccccn1. The molecule has 0 amide bonds. The Hall–Kier alpha value is -2.56. The summed E-state index contributed by atoms with van der Waals surface area (Å²) in [7, 11) is 0. The quantitative estimate of drug-likeness (QED) is 0.723. The first kappa shape index (κ1) is 12.2. The Kier molecular flexibility index (Phi) is 2.60. The molecule has 1 unspecified atom stereocenters. The van der Waals surface area contributed by atoms with Crippen LogP contribution in [-0.4, -0.2) is 20.7 Å². The highest BCUT2D eigenvalue weighted by Crippen LogP contribution is 2.33. The minimum atomic E-state index is -0.177. The summed E-state index contributed by atoms with van der Waals surface area (Å²) < 4.78 is 9.46. The van der Waals surface area contributed by atoms with Crippen LogP contribution in [0, 0.1) is 0 Å². The Morgan fingerprint density at radius 2 is 2.19 bits per heavy atom. The van der Waals surface area contributed by atoms with Crippen molar-refractivity contribution in [3.05, 3.63) is 58.8 Å². The van der Waals surface area contributed by atoms with Gasteiger partial charge < -0.3 is 4.74 Å². The number of hydrogen-bond acceptors (Lipinski definition) is 3. The number of rotatable bonds is 2. The number of nitrogens with zero attached hydrogens (tertiary/aromatic N) is 3. The van der Waals surface area contributed by atoms with Crippen molar-refractivity contribution in [1.29, 1.82) is 0 Å². The molecule has 1 aromatic carbocycles. The van der Waals surface area contributed by atoms with Gasteiger partial charge in [0.15, 0.2) is 0 Å². The monoisotopic (exact) mass is 281 g/mol. The van der Waals surface area contributed by atoms with Crippen LogP contribution in [0.1, 0.15) is 18.7 Å². The number of imidazole rings is 1. The van der Waals surface area contributed by atoms with E-state index in [0.717, 1.165) is 22.5 Å². The van der Waals surface area contributed by atoms with E-state index >= 15 is 0 Å². The third-order valence-electron chi connectivity index (χ3n) is 4.00. The van der Waals surface area contributed by atoms with Crippen molar-refractivity contribution in [1.82, 2.24) is 14.1 Å². The first-order chi connectivity index (χ1) is 10.3. The van der Waals surface area contributed by atoms with Crippen molar-refractivity contribution in [2.75, 3.05) is 6.61 Å². The maximum absolute atomic E-state index is 12.8. The van der Waals surface area contributed by atoms with E-state index in [4.69, 9.17) is 4.74 Å². The van der Waals surface area contributed by atoms with Gasteiger partial charge in [0.25, 0.3) is 0 Å². The van der Waals surface area contributed by atoms with Crippen LogP contribution in [0.4, 0.5) is 0 Å². The summed E-state index contributed by atoms with van der Waals surface area (Å²) in [6.45, 7) is 3.05. The maximum atomic E-state index is 12.8. The number of hydrogen-bond donors (Lipinski definition) is 0. The van der Waals surface area contributed by atoms with Crippen LogP contribution >= 0.6 is 0 Å². The molecule has 106 valence electrons. The molecule has 4 rings (SSSR count). The highest BCUT2D eigenvalue weighted by molar-refractivity contribution is 5.83. The molecule has 0 spiro atoms. The Balaban J connectivity index is 2.06. The topological polar surface area (TPSA) is 49.0 Å². The lowest BCUT2D eigenvalue weighted by Crippen LogP contribution is -2.33. The van der Waals surface area contributed by atoms with E-state index in [1.807, 2.05) is 47.9 Å². The molecule has 0 saturated heterocycles. The molecule has 3 aromatic rings. The average Bonchev–Trinajstić information content (AvgIpc) is 2.83. The number of pyridine rings is 1. The largest absolute Gasteiger partial charge is 0.489 e. The molecule has 2 aromatic heterocycles. The summed E-state index contributed by atoms with van der Waals surface area (Å²) in [5.74, 6) is 0.768. The number of benzene rings is 1. The standard InChI is InChI=1S/C16H15N3O2/c1-2-18-12-7-5-8-14-15(12)19(16(18)20)13(10-21-14)11-6-3-4-9-17-11/h3-9,13H,2,10H2,1H3. The third-order valence-corrected chi connectivity index (χ3v) is 4.00. The lowest BCUT2D eigenvalue weighted by molar-refractivity contribution is 0.253. The highest BCUT2D eigenvalue weighted by Gasteiger charge is 2.29. The zero-order chi connectivity index (χ0) is 14.4. The summed E-state index contributed by atoms with van der Waals surface area (Å²) in [5, 5.41) is 0. The molecular weight excluding hydrogens is 266 g/mol. The zero-order valence-corrected chi connectivity index (χ0v) is 11.7. The van der Waals surface area contributed by atoms with Crippen molar-refractivity contribution in [3.63, 3.8) is 0 Å². The smallest absolute Gasteiger partial charge is 0.329 e. The summed E-state index contributed by atoms with van der Waals surface area (Å²) in [6, 6.07) is 11.4. The predicted molar refractivity (Wildman–Crippen MR) is 79.7 cm³/mol. The fourth-order valence-corrected chi connectivity index (χ4v) is 3.04. The minimum Gasteiger partial charge on any atom is -0.489 e. The van der Waals surface area contributed by atoms with Crippen LogP contribution in [0.2, 0.25) is 0 Å². The number of ether oxygens (including phenoxy) is 1. The molecule has 0 fully saturated rings. The van der Waals surface area contributed by atoms with Crippen molar-refractivity contribution < 1.29 is 4.74 Å². The molecule has 0 N–H and O–H groups in total. The van der Waals surface area contributed by atoms with E-state index in [1.54, 1.807) is 10.8 Å². The van der Waals surface area contributed by atoms with Crippen LogP contribution in [0.3, 0.4) is 0 Å². The summed E-state index contributed by atoms with van der Waals surface area (Å²) in [5.41, 5.74) is 2.63. The zero-order valence-electron chi connectivity index (χ0n) is 11.7. The van der Waals surface area contributed by atoms with E-state index in [-0.39, 0.29) is 11.7 Å². The van der Waals surface area contributed by atoms with E-state index in [2.05, 4.69) is 4.98 Å². The molecular formula is C16H15N3O2. The van der Waals surface area contributed by atoms with Crippen LogP contribution in [0.5, 0.6) is 5.75 Å². The van der Waals surface area contributed by atoms with E-state index < -0.39 is 0 Å². The maximum Gasteiger partial charge on any atom is 0.329 e. The molecule has 0 aliphatic carbocycles. The minimum absolute atomic E-state index is 0.00102. The van der Waals surface area contributed by atoms with Crippen molar-refractivity contribution >= 4 is 11.0 Å². The van der Waals surface area contributed by atoms with Gasteiger partial charge in [0.05, 0.1) is 11.2 Å². The van der Waals surface area contributed by atoms with Gasteiger partial charge in [-0.25, -0.2) is 4.79 Å². The molecule has 21 heavy (non-hydrogen) atoms. The second-order valence-electron chi connectivity index (χ2n) is 5.10. The van der Waals surface area contributed by atoms with Gasteiger partial charge in [0.1, 0.15) is 23.9 Å². The van der Waals surface area contributed by atoms with Crippen molar-refractivity contribution in [3.8, 4) is 5.75 Å². The first-order valence-electron chi connectivity index (χ1n) is 7.08. The molecule has 0 bridgehead atoms. The normalized spacial score (nSPS) is 16.9. The summed E-state index contributed by atoms with van der Waals surface area (Å²) in [4.78, 5) is 17.2. The Labute approximate surface area is 121 Å². The Morgan fingerprint density at radius 3 is 2.95 bits per heavy atom. The molecule has 5 heteroatoms. The van der Waals surface area contributed by atoms with Gasteiger partial charge in [0.2, 0.25) is 0 Å². The van der Waals surface area contributed by atoms with Crippen LogP contribution in [0.25, 0.3) is 11.0 Å². The fraction of sp³-hybridized carbons (Fsp3) is 0.250. The van der Waals surface area contributed by atoms with E-state index in [9.17, 15) is 4.79 Å². The second kappa shape index (κ2) is 4.48. The van der Waals surface area contributed by atoms with E-state index in [1.165, 1.54) is 0 Å².